The minimum absolute atomic E-state index is 0.0843. The first kappa shape index (κ1) is 15.3. The SMILES string of the molecule is CC(O)C(O)C1Nc2nc(N)nc(O)c2NC1c1ccccc1. The summed E-state index contributed by atoms with van der Waals surface area (Å²) in [5.41, 5.74) is 6.74. The molecule has 1 aliphatic rings. The van der Waals surface area contributed by atoms with E-state index in [4.69, 9.17) is 5.73 Å². The van der Waals surface area contributed by atoms with Crippen molar-refractivity contribution < 1.29 is 15.3 Å². The Balaban J connectivity index is 2.05. The molecule has 0 saturated carbocycles. The van der Waals surface area contributed by atoms with Gasteiger partial charge in [0.1, 0.15) is 11.8 Å². The number of nitrogens with zero attached hydrogens (tertiary/aromatic N) is 2. The zero-order chi connectivity index (χ0) is 16.6. The smallest absolute Gasteiger partial charge is 0.242 e. The van der Waals surface area contributed by atoms with E-state index in [1.165, 1.54) is 6.92 Å². The molecule has 2 heterocycles. The van der Waals surface area contributed by atoms with E-state index in [1.54, 1.807) is 0 Å². The van der Waals surface area contributed by atoms with Gasteiger partial charge < -0.3 is 31.7 Å². The Kier molecular flexibility index (Phi) is 3.93. The highest BCUT2D eigenvalue weighted by molar-refractivity contribution is 5.74. The second-order valence-corrected chi connectivity index (χ2v) is 5.56. The molecular formula is C15H19N5O3. The number of aliphatic hydroxyl groups is 2. The molecule has 3 rings (SSSR count). The van der Waals surface area contributed by atoms with E-state index in [9.17, 15) is 15.3 Å². The molecule has 1 aromatic carbocycles. The fraction of sp³-hybridized carbons (Fsp3) is 0.333. The predicted molar refractivity (Wildman–Crippen MR) is 86.0 cm³/mol. The molecule has 1 aromatic heterocycles. The summed E-state index contributed by atoms with van der Waals surface area (Å²) in [5, 5.41) is 36.3. The number of hydrogen-bond acceptors (Lipinski definition) is 8. The van der Waals surface area contributed by atoms with Gasteiger partial charge in [-0.15, -0.1) is 0 Å². The number of rotatable bonds is 3. The highest BCUT2D eigenvalue weighted by Crippen LogP contribution is 2.40. The standard InChI is InChI=1S/C15H19N5O3/c1-7(21)12(22)10-9(8-5-3-2-4-6-8)17-11-13(18-10)19-15(16)20-14(11)23/h2-7,9-10,12,17,21-22H,1H3,(H4,16,18,19,20,23). The van der Waals surface area contributed by atoms with Crippen molar-refractivity contribution in [1.82, 2.24) is 9.97 Å². The van der Waals surface area contributed by atoms with Crippen molar-refractivity contribution in [3.63, 3.8) is 0 Å². The number of benzene rings is 1. The van der Waals surface area contributed by atoms with Crippen LogP contribution in [0.3, 0.4) is 0 Å². The second kappa shape index (κ2) is 5.90. The van der Waals surface area contributed by atoms with Crippen molar-refractivity contribution in [3.05, 3.63) is 35.9 Å². The molecule has 8 nitrogen and oxygen atoms in total. The van der Waals surface area contributed by atoms with Gasteiger partial charge in [-0.25, -0.2) is 0 Å². The van der Waals surface area contributed by atoms with Crippen LogP contribution in [0, 0.1) is 0 Å². The van der Waals surface area contributed by atoms with Gasteiger partial charge in [0.05, 0.1) is 18.2 Å². The van der Waals surface area contributed by atoms with E-state index in [0.717, 1.165) is 5.56 Å². The first-order valence-electron chi connectivity index (χ1n) is 7.28. The number of nitrogens with two attached hydrogens (primary N) is 1. The van der Waals surface area contributed by atoms with E-state index in [2.05, 4.69) is 20.6 Å². The lowest BCUT2D eigenvalue weighted by Crippen LogP contribution is -2.49. The van der Waals surface area contributed by atoms with E-state index >= 15 is 0 Å². The number of aromatic hydroxyl groups is 1. The summed E-state index contributed by atoms with van der Waals surface area (Å²) < 4.78 is 0. The minimum Gasteiger partial charge on any atom is -0.492 e. The third-order valence-corrected chi connectivity index (χ3v) is 3.89. The lowest BCUT2D eigenvalue weighted by molar-refractivity contribution is 0.0151. The van der Waals surface area contributed by atoms with Crippen LogP contribution in [0.25, 0.3) is 0 Å². The third kappa shape index (κ3) is 2.86. The molecule has 0 bridgehead atoms. The average Bonchev–Trinajstić information content (AvgIpc) is 2.53. The molecule has 0 aliphatic carbocycles. The first-order valence-corrected chi connectivity index (χ1v) is 7.28. The Morgan fingerprint density at radius 1 is 1.13 bits per heavy atom. The Morgan fingerprint density at radius 2 is 1.83 bits per heavy atom. The van der Waals surface area contributed by atoms with Crippen LogP contribution >= 0.6 is 0 Å². The fourth-order valence-electron chi connectivity index (χ4n) is 2.72. The van der Waals surface area contributed by atoms with Crippen LogP contribution in [-0.4, -0.2) is 43.5 Å². The van der Waals surface area contributed by atoms with Crippen LogP contribution in [0.1, 0.15) is 18.5 Å². The van der Waals surface area contributed by atoms with Crippen LogP contribution in [0.4, 0.5) is 17.5 Å². The maximum absolute atomic E-state index is 10.4. The van der Waals surface area contributed by atoms with Crippen molar-refractivity contribution in [1.29, 1.82) is 0 Å². The van der Waals surface area contributed by atoms with Crippen molar-refractivity contribution in [3.8, 4) is 5.88 Å². The van der Waals surface area contributed by atoms with E-state index < -0.39 is 24.3 Å². The maximum Gasteiger partial charge on any atom is 0.242 e. The number of anilines is 3. The topological polar surface area (TPSA) is 137 Å². The van der Waals surface area contributed by atoms with Crippen molar-refractivity contribution >= 4 is 17.5 Å². The van der Waals surface area contributed by atoms with Crippen molar-refractivity contribution in [2.45, 2.75) is 31.2 Å². The van der Waals surface area contributed by atoms with Crippen LogP contribution in [0.2, 0.25) is 0 Å². The summed E-state index contributed by atoms with van der Waals surface area (Å²) in [6.45, 7) is 1.51. The van der Waals surface area contributed by atoms with Gasteiger partial charge in [0.25, 0.3) is 0 Å². The molecule has 23 heavy (non-hydrogen) atoms. The molecule has 2 aromatic rings. The van der Waals surface area contributed by atoms with Gasteiger partial charge in [0.15, 0.2) is 5.82 Å². The molecule has 0 radical (unpaired) electrons. The summed E-state index contributed by atoms with van der Waals surface area (Å²) in [7, 11) is 0. The number of hydrogen-bond donors (Lipinski definition) is 6. The normalized spacial score (nSPS) is 22.4. The van der Waals surface area contributed by atoms with Gasteiger partial charge >= 0.3 is 0 Å². The average molecular weight is 317 g/mol. The van der Waals surface area contributed by atoms with Gasteiger partial charge in [0.2, 0.25) is 11.8 Å². The Labute approximate surface area is 133 Å². The number of aromatic nitrogens is 2. The lowest BCUT2D eigenvalue weighted by Gasteiger charge is -2.39. The van der Waals surface area contributed by atoms with Crippen LogP contribution in [-0.2, 0) is 0 Å². The summed E-state index contributed by atoms with van der Waals surface area (Å²) >= 11 is 0. The second-order valence-electron chi connectivity index (χ2n) is 5.56. The van der Waals surface area contributed by atoms with Gasteiger partial charge in [-0.3, -0.25) is 0 Å². The molecule has 0 amide bonds. The summed E-state index contributed by atoms with van der Waals surface area (Å²) in [4.78, 5) is 7.76. The fourth-order valence-corrected chi connectivity index (χ4v) is 2.72. The Bertz CT molecular complexity index is 695. The van der Waals surface area contributed by atoms with E-state index in [1.807, 2.05) is 30.3 Å². The Morgan fingerprint density at radius 3 is 2.48 bits per heavy atom. The molecule has 4 unspecified atom stereocenters. The summed E-state index contributed by atoms with van der Waals surface area (Å²) in [6.07, 6.45) is -2.01. The molecular weight excluding hydrogens is 298 g/mol. The number of nitrogens with one attached hydrogen (secondary N) is 2. The molecule has 0 spiro atoms. The summed E-state index contributed by atoms with van der Waals surface area (Å²) in [6, 6.07) is 8.44. The molecule has 0 fully saturated rings. The van der Waals surface area contributed by atoms with E-state index in [0.29, 0.717) is 5.69 Å². The van der Waals surface area contributed by atoms with Crippen LogP contribution < -0.4 is 16.4 Å². The number of aliphatic hydroxyl groups excluding tert-OH is 2. The highest BCUT2D eigenvalue weighted by atomic mass is 16.3. The van der Waals surface area contributed by atoms with Crippen LogP contribution in [0.15, 0.2) is 30.3 Å². The number of fused-ring (bicyclic) bond motifs is 1. The summed E-state index contributed by atoms with van der Waals surface area (Å²) in [5.74, 6) is -0.0724. The number of nitrogen functional groups attached to an aromatic ring is 1. The monoisotopic (exact) mass is 317 g/mol. The zero-order valence-electron chi connectivity index (χ0n) is 12.5. The zero-order valence-corrected chi connectivity index (χ0v) is 12.5. The molecule has 7 N–H and O–H groups in total. The van der Waals surface area contributed by atoms with Crippen LogP contribution in [0.5, 0.6) is 5.88 Å². The lowest BCUT2D eigenvalue weighted by atomic mass is 9.91. The predicted octanol–water partition coefficient (Wildman–Crippen LogP) is 0.453. The van der Waals surface area contributed by atoms with Crippen molar-refractivity contribution in [2.24, 2.45) is 0 Å². The quantitative estimate of drug-likeness (QED) is 0.480. The molecule has 122 valence electrons. The molecule has 1 aliphatic heterocycles. The van der Waals surface area contributed by atoms with Gasteiger partial charge in [-0.05, 0) is 12.5 Å². The maximum atomic E-state index is 10.4. The highest BCUT2D eigenvalue weighted by Gasteiger charge is 2.37. The molecule has 8 heteroatoms. The third-order valence-electron chi connectivity index (χ3n) is 3.89. The Hall–Kier alpha value is -2.58. The minimum atomic E-state index is -1.06. The van der Waals surface area contributed by atoms with Gasteiger partial charge in [0, 0.05) is 0 Å². The van der Waals surface area contributed by atoms with E-state index in [-0.39, 0.29) is 17.6 Å². The van der Waals surface area contributed by atoms with Gasteiger partial charge in [-0.1, -0.05) is 30.3 Å². The molecule has 0 saturated heterocycles. The first-order chi connectivity index (χ1) is 11.0. The van der Waals surface area contributed by atoms with Crippen molar-refractivity contribution in [2.75, 3.05) is 16.4 Å². The molecule has 4 atom stereocenters. The largest absolute Gasteiger partial charge is 0.492 e. The van der Waals surface area contributed by atoms with Gasteiger partial charge in [-0.2, -0.15) is 9.97 Å².